The van der Waals surface area contributed by atoms with E-state index in [0.717, 1.165) is 51.2 Å². The number of pyridine rings is 1. The van der Waals surface area contributed by atoms with Crippen LogP contribution in [0.1, 0.15) is 20.3 Å². The minimum Gasteiger partial charge on any atom is -0.354 e. The fourth-order valence-electron chi connectivity index (χ4n) is 2.42. The average Bonchev–Trinajstić information content (AvgIpc) is 2.49. The number of hydrogen-bond donors (Lipinski definition) is 0. The summed E-state index contributed by atoms with van der Waals surface area (Å²) < 4.78 is 0. The SMILES string of the molecule is CCC(C)(C=O)CN1CCN(c2ccccn2)CC1. The van der Waals surface area contributed by atoms with Crippen molar-refractivity contribution in [2.45, 2.75) is 20.3 Å². The van der Waals surface area contributed by atoms with Crippen molar-refractivity contribution >= 4 is 12.1 Å². The molecule has 104 valence electrons. The smallest absolute Gasteiger partial charge is 0.128 e. The van der Waals surface area contributed by atoms with E-state index in [1.165, 1.54) is 0 Å². The van der Waals surface area contributed by atoms with Gasteiger partial charge >= 0.3 is 0 Å². The highest BCUT2D eigenvalue weighted by Crippen LogP contribution is 2.21. The van der Waals surface area contributed by atoms with Crippen LogP contribution >= 0.6 is 0 Å². The molecule has 0 aromatic carbocycles. The van der Waals surface area contributed by atoms with Gasteiger partial charge in [0.25, 0.3) is 0 Å². The Hall–Kier alpha value is -1.42. The molecule has 1 atom stereocenters. The number of rotatable bonds is 5. The summed E-state index contributed by atoms with van der Waals surface area (Å²) in [6.45, 7) is 8.96. The van der Waals surface area contributed by atoms with Crippen LogP contribution in [0.5, 0.6) is 0 Å². The van der Waals surface area contributed by atoms with Crippen molar-refractivity contribution in [3.63, 3.8) is 0 Å². The molecule has 0 amide bonds. The number of aromatic nitrogens is 1. The van der Waals surface area contributed by atoms with Gasteiger partial charge in [-0.1, -0.05) is 19.9 Å². The largest absolute Gasteiger partial charge is 0.354 e. The summed E-state index contributed by atoms with van der Waals surface area (Å²) in [5, 5.41) is 0. The molecule has 1 aliphatic heterocycles. The molecule has 2 rings (SSSR count). The van der Waals surface area contributed by atoms with Crippen molar-refractivity contribution in [1.29, 1.82) is 0 Å². The molecule has 0 aliphatic carbocycles. The van der Waals surface area contributed by atoms with Crippen LogP contribution in [-0.4, -0.2) is 48.9 Å². The Labute approximate surface area is 115 Å². The maximum Gasteiger partial charge on any atom is 0.128 e. The molecular weight excluding hydrogens is 238 g/mol. The molecular formula is C15H23N3O. The first kappa shape index (κ1) is 14.0. The molecule has 1 aliphatic rings. The lowest BCUT2D eigenvalue weighted by Gasteiger charge is -2.38. The van der Waals surface area contributed by atoms with Crippen molar-refractivity contribution in [1.82, 2.24) is 9.88 Å². The van der Waals surface area contributed by atoms with Crippen LogP contribution in [0.4, 0.5) is 5.82 Å². The first-order chi connectivity index (χ1) is 9.17. The van der Waals surface area contributed by atoms with Gasteiger partial charge in [0.15, 0.2) is 0 Å². The number of nitrogens with zero attached hydrogens (tertiary/aromatic N) is 3. The Bertz CT molecular complexity index is 401. The van der Waals surface area contributed by atoms with Gasteiger partial charge in [0.2, 0.25) is 0 Å². The van der Waals surface area contributed by atoms with Gasteiger partial charge in [0.1, 0.15) is 12.1 Å². The normalized spacial score (nSPS) is 20.0. The van der Waals surface area contributed by atoms with Crippen LogP contribution in [0.15, 0.2) is 24.4 Å². The third-order valence-corrected chi connectivity index (χ3v) is 4.02. The Morgan fingerprint density at radius 3 is 2.58 bits per heavy atom. The first-order valence-corrected chi connectivity index (χ1v) is 7.01. The summed E-state index contributed by atoms with van der Waals surface area (Å²) >= 11 is 0. The zero-order valence-corrected chi connectivity index (χ0v) is 11.9. The summed E-state index contributed by atoms with van der Waals surface area (Å²) in [4.78, 5) is 20.2. The number of carbonyl (C=O) groups excluding carboxylic acids is 1. The highest BCUT2D eigenvalue weighted by Gasteiger charge is 2.27. The number of aldehydes is 1. The predicted molar refractivity (Wildman–Crippen MR) is 77.4 cm³/mol. The molecule has 1 saturated heterocycles. The molecule has 19 heavy (non-hydrogen) atoms. The van der Waals surface area contributed by atoms with Crippen LogP contribution in [0.2, 0.25) is 0 Å². The third kappa shape index (κ3) is 3.53. The number of hydrogen-bond acceptors (Lipinski definition) is 4. The molecule has 4 nitrogen and oxygen atoms in total. The minimum absolute atomic E-state index is 0.201. The Morgan fingerprint density at radius 2 is 2.05 bits per heavy atom. The fraction of sp³-hybridized carbons (Fsp3) is 0.600. The van der Waals surface area contributed by atoms with E-state index in [9.17, 15) is 4.79 Å². The van der Waals surface area contributed by atoms with Crippen LogP contribution in [-0.2, 0) is 4.79 Å². The first-order valence-electron chi connectivity index (χ1n) is 7.01. The van der Waals surface area contributed by atoms with Crippen molar-refractivity contribution < 1.29 is 4.79 Å². The highest BCUT2D eigenvalue weighted by molar-refractivity contribution is 5.58. The van der Waals surface area contributed by atoms with E-state index < -0.39 is 0 Å². The van der Waals surface area contributed by atoms with Crippen LogP contribution in [0.25, 0.3) is 0 Å². The Kier molecular flexibility index (Phi) is 4.53. The molecule has 1 aromatic heterocycles. The van der Waals surface area contributed by atoms with E-state index in [-0.39, 0.29) is 5.41 Å². The van der Waals surface area contributed by atoms with Gasteiger partial charge in [0, 0.05) is 44.3 Å². The lowest BCUT2D eigenvalue weighted by atomic mass is 9.88. The average molecular weight is 261 g/mol. The quantitative estimate of drug-likeness (QED) is 0.758. The van der Waals surface area contributed by atoms with Crippen molar-refractivity contribution in [2.75, 3.05) is 37.6 Å². The lowest BCUT2D eigenvalue weighted by Crippen LogP contribution is -2.50. The van der Waals surface area contributed by atoms with E-state index in [1.807, 2.05) is 25.3 Å². The van der Waals surface area contributed by atoms with Gasteiger partial charge in [-0.05, 0) is 18.6 Å². The number of carbonyl (C=O) groups is 1. The van der Waals surface area contributed by atoms with E-state index in [2.05, 4.69) is 27.8 Å². The molecule has 0 N–H and O–H groups in total. The van der Waals surface area contributed by atoms with E-state index in [1.54, 1.807) is 0 Å². The molecule has 0 spiro atoms. The van der Waals surface area contributed by atoms with Gasteiger partial charge in [-0.15, -0.1) is 0 Å². The van der Waals surface area contributed by atoms with Gasteiger partial charge in [-0.2, -0.15) is 0 Å². The third-order valence-electron chi connectivity index (χ3n) is 4.02. The standard InChI is InChI=1S/C15H23N3O/c1-3-15(2,13-19)12-17-8-10-18(11-9-17)14-6-4-5-7-16-14/h4-7,13H,3,8-12H2,1-2H3. The fourth-order valence-corrected chi connectivity index (χ4v) is 2.42. The molecule has 0 bridgehead atoms. The van der Waals surface area contributed by atoms with Crippen LogP contribution < -0.4 is 4.90 Å². The molecule has 0 radical (unpaired) electrons. The van der Waals surface area contributed by atoms with Gasteiger partial charge in [0.05, 0.1) is 0 Å². The summed E-state index contributed by atoms with van der Waals surface area (Å²) in [6.07, 6.45) is 3.84. The second-order valence-corrected chi connectivity index (χ2v) is 5.58. The topological polar surface area (TPSA) is 36.4 Å². The zero-order chi connectivity index (χ0) is 13.7. The lowest BCUT2D eigenvalue weighted by molar-refractivity contribution is -0.116. The van der Waals surface area contributed by atoms with Crippen molar-refractivity contribution in [2.24, 2.45) is 5.41 Å². The van der Waals surface area contributed by atoms with Crippen molar-refractivity contribution in [3.8, 4) is 0 Å². The molecule has 1 unspecified atom stereocenters. The summed E-state index contributed by atoms with van der Waals surface area (Å²) in [5.74, 6) is 1.05. The minimum atomic E-state index is -0.201. The zero-order valence-electron chi connectivity index (χ0n) is 11.9. The molecule has 2 heterocycles. The van der Waals surface area contributed by atoms with Crippen LogP contribution in [0, 0.1) is 5.41 Å². The summed E-state index contributed by atoms with van der Waals surface area (Å²) in [6, 6.07) is 6.02. The van der Waals surface area contributed by atoms with E-state index in [0.29, 0.717) is 0 Å². The molecule has 1 aromatic rings. The van der Waals surface area contributed by atoms with Crippen LogP contribution in [0.3, 0.4) is 0 Å². The van der Waals surface area contributed by atoms with E-state index >= 15 is 0 Å². The molecule has 0 saturated carbocycles. The highest BCUT2D eigenvalue weighted by atomic mass is 16.1. The van der Waals surface area contributed by atoms with Gasteiger partial charge in [-0.3, -0.25) is 4.90 Å². The summed E-state index contributed by atoms with van der Waals surface area (Å²) in [5.41, 5.74) is -0.201. The second kappa shape index (κ2) is 6.15. The number of anilines is 1. The maximum absolute atomic E-state index is 11.2. The monoisotopic (exact) mass is 261 g/mol. The molecule has 1 fully saturated rings. The maximum atomic E-state index is 11.2. The second-order valence-electron chi connectivity index (χ2n) is 5.58. The number of piperazine rings is 1. The Morgan fingerprint density at radius 1 is 1.32 bits per heavy atom. The van der Waals surface area contributed by atoms with E-state index in [4.69, 9.17) is 0 Å². The summed E-state index contributed by atoms with van der Waals surface area (Å²) in [7, 11) is 0. The molecule has 4 heteroatoms. The van der Waals surface area contributed by atoms with Gasteiger partial charge in [-0.25, -0.2) is 4.98 Å². The van der Waals surface area contributed by atoms with Crippen molar-refractivity contribution in [3.05, 3.63) is 24.4 Å². The Balaban J connectivity index is 1.88. The predicted octanol–water partition coefficient (Wildman–Crippen LogP) is 1.82. The van der Waals surface area contributed by atoms with Gasteiger partial charge < -0.3 is 9.69 Å².